The zero-order valence-electron chi connectivity index (χ0n) is 10.5. The van der Waals surface area contributed by atoms with Crippen LogP contribution in [0.1, 0.15) is 17.3 Å². The molecule has 0 atom stereocenters. The van der Waals surface area contributed by atoms with Gasteiger partial charge in [0.1, 0.15) is 10.4 Å². The van der Waals surface area contributed by atoms with Crippen LogP contribution in [0.2, 0.25) is 0 Å². The molecule has 1 N–H and O–H groups in total. The van der Waals surface area contributed by atoms with Crippen LogP contribution in [-0.4, -0.2) is 19.2 Å². The first-order valence-corrected chi connectivity index (χ1v) is 7.92. The van der Waals surface area contributed by atoms with E-state index in [-0.39, 0.29) is 16.5 Å². The number of nitrogens with zero attached hydrogens (tertiary/aromatic N) is 1. The molecule has 1 aromatic carbocycles. The quantitative estimate of drug-likeness (QED) is 0.676. The highest BCUT2D eigenvalue weighted by atomic mass is 79.9. The number of halogens is 1. The normalized spacial score (nSPS) is 11.1. The van der Waals surface area contributed by atoms with E-state index in [9.17, 15) is 13.2 Å². The van der Waals surface area contributed by atoms with Gasteiger partial charge in [0.15, 0.2) is 5.78 Å². The predicted octanol–water partition coefficient (Wildman–Crippen LogP) is 2.85. The second kappa shape index (κ2) is 5.72. The molecule has 0 saturated carbocycles. The SMILES string of the molecule is CC(=O)c1ccc(S(=O)(=O)Nc2cccc(Br)n2)cc1. The van der Waals surface area contributed by atoms with E-state index in [1.165, 1.54) is 31.2 Å². The van der Waals surface area contributed by atoms with Gasteiger partial charge in [0.25, 0.3) is 10.0 Å². The molecule has 0 radical (unpaired) electrons. The number of carbonyl (C=O) groups is 1. The molecule has 0 fully saturated rings. The lowest BCUT2D eigenvalue weighted by molar-refractivity contribution is 0.101. The van der Waals surface area contributed by atoms with Crippen molar-refractivity contribution < 1.29 is 13.2 Å². The van der Waals surface area contributed by atoms with Crippen molar-refractivity contribution in [1.82, 2.24) is 4.98 Å². The molecule has 0 unspecified atom stereocenters. The summed E-state index contributed by atoms with van der Waals surface area (Å²) >= 11 is 3.17. The first kappa shape index (κ1) is 14.7. The van der Waals surface area contributed by atoms with Crippen LogP contribution in [0.3, 0.4) is 0 Å². The smallest absolute Gasteiger partial charge is 0.263 e. The third-order valence-corrected chi connectivity index (χ3v) is 4.34. The average molecular weight is 355 g/mol. The van der Waals surface area contributed by atoms with Crippen molar-refractivity contribution in [3.8, 4) is 0 Å². The second-order valence-corrected chi connectivity index (χ2v) is 6.53. The first-order chi connectivity index (χ1) is 9.38. The average Bonchev–Trinajstić information content (AvgIpc) is 2.38. The van der Waals surface area contributed by atoms with Gasteiger partial charge in [0.05, 0.1) is 4.90 Å². The summed E-state index contributed by atoms with van der Waals surface area (Å²) in [5.41, 5.74) is 0.463. The monoisotopic (exact) mass is 354 g/mol. The summed E-state index contributed by atoms with van der Waals surface area (Å²) in [6.07, 6.45) is 0. The van der Waals surface area contributed by atoms with Crippen molar-refractivity contribution in [2.45, 2.75) is 11.8 Å². The molecule has 0 aliphatic carbocycles. The Balaban J connectivity index is 2.28. The highest BCUT2D eigenvalue weighted by Crippen LogP contribution is 2.17. The minimum atomic E-state index is -3.72. The fraction of sp³-hybridized carbons (Fsp3) is 0.0769. The molecule has 20 heavy (non-hydrogen) atoms. The number of pyridine rings is 1. The minimum absolute atomic E-state index is 0.0734. The molecule has 0 aliphatic rings. The Hall–Kier alpha value is -1.73. The molecule has 2 aromatic rings. The molecule has 0 aliphatic heterocycles. The van der Waals surface area contributed by atoms with Gasteiger partial charge < -0.3 is 0 Å². The van der Waals surface area contributed by atoms with Crippen LogP contribution in [0, 0.1) is 0 Å². The van der Waals surface area contributed by atoms with Crippen LogP contribution < -0.4 is 4.72 Å². The predicted molar refractivity (Wildman–Crippen MR) is 79.2 cm³/mol. The van der Waals surface area contributed by atoms with Gasteiger partial charge in [-0.25, -0.2) is 13.4 Å². The van der Waals surface area contributed by atoms with Gasteiger partial charge in [-0.2, -0.15) is 0 Å². The Morgan fingerprint density at radius 1 is 1.15 bits per heavy atom. The second-order valence-electron chi connectivity index (χ2n) is 4.03. The molecular weight excluding hydrogens is 344 g/mol. The van der Waals surface area contributed by atoms with Gasteiger partial charge in [-0.3, -0.25) is 9.52 Å². The summed E-state index contributed by atoms with van der Waals surface area (Å²) in [6, 6.07) is 10.6. The zero-order valence-corrected chi connectivity index (χ0v) is 12.9. The number of aromatic nitrogens is 1. The van der Waals surface area contributed by atoms with E-state index < -0.39 is 10.0 Å². The maximum atomic E-state index is 12.1. The maximum Gasteiger partial charge on any atom is 0.263 e. The third-order valence-electron chi connectivity index (χ3n) is 2.53. The summed E-state index contributed by atoms with van der Waals surface area (Å²) < 4.78 is 27.2. The van der Waals surface area contributed by atoms with E-state index in [1.807, 2.05) is 0 Å². The number of hydrogen-bond donors (Lipinski definition) is 1. The van der Waals surface area contributed by atoms with Gasteiger partial charge in [-0.1, -0.05) is 18.2 Å². The van der Waals surface area contributed by atoms with Gasteiger partial charge in [0.2, 0.25) is 0 Å². The van der Waals surface area contributed by atoms with Crippen LogP contribution in [0.25, 0.3) is 0 Å². The number of ketones is 1. The number of sulfonamides is 1. The van der Waals surface area contributed by atoms with Gasteiger partial charge in [0, 0.05) is 5.56 Å². The molecule has 0 bridgehead atoms. The van der Waals surface area contributed by atoms with Crippen molar-refractivity contribution in [3.05, 3.63) is 52.6 Å². The largest absolute Gasteiger partial charge is 0.295 e. The molecule has 1 heterocycles. The Morgan fingerprint density at radius 3 is 2.35 bits per heavy atom. The molecule has 0 amide bonds. The van der Waals surface area contributed by atoms with Crippen LogP contribution in [-0.2, 0) is 10.0 Å². The van der Waals surface area contributed by atoms with E-state index in [0.717, 1.165) is 0 Å². The number of Topliss-reactive ketones (excluding diaryl/α,β-unsaturated/α-hetero) is 1. The summed E-state index contributed by atoms with van der Waals surface area (Å²) in [4.78, 5) is 15.2. The summed E-state index contributed by atoms with van der Waals surface area (Å²) in [7, 11) is -3.72. The fourth-order valence-electron chi connectivity index (χ4n) is 1.53. The van der Waals surface area contributed by atoms with Gasteiger partial charge in [-0.15, -0.1) is 0 Å². The molecule has 5 nitrogen and oxygen atoms in total. The summed E-state index contributed by atoms with van der Waals surface area (Å²) in [6.45, 7) is 1.42. The third kappa shape index (κ3) is 3.43. The van der Waals surface area contributed by atoms with Crippen LogP contribution >= 0.6 is 15.9 Å². The van der Waals surface area contributed by atoms with E-state index >= 15 is 0 Å². The Kier molecular flexibility index (Phi) is 4.20. The maximum absolute atomic E-state index is 12.1. The molecule has 7 heteroatoms. The lowest BCUT2D eigenvalue weighted by Crippen LogP contribution is -2.14. The van der Waals surface area contributed by atoms with E-state index in [4.69, 9.17) is 0 Å². The lowest BCUT2D eigenvalue weighted by Gasteiger charge is -2.07. The summed E-state index contributed by atoms with van der Waals surface area (Å²) in [5, 5.41) is 0. The van der Waals surface area contributed by atoms with E-state index in [0.29, 0.717) is 10.2 Å². The Labute approximate surface area is 125 Å². The zero-order chi connectivity index (χ0) is 14.8. The molecular formula is C13H11BrN2O3S. The number of anilines is 1. The van der Waals surface area contributed by atoms with Crippen molar-refractivity contribution in [3.63, 3.8) is 0 Å². The van der Waals surface area contributed by atoms with Crippen LogP contribution in [0.15, 0.2) is 52.0 Å². The van der Waals surface area contributed by atoms with Gasteiger partial charge >= 0.3 is 0 Å². The number of carbonyl (C=O) groups excluding carboxylic acids is 1. The van der Waals surface area contributed by atoms with Crippen molar-refractivity contribution in [2.24, 2.45) is 0 Å². The standard InChI is InChI=1S/C13H11BrN2O3S/c1-9(17)10-5-7-11(8-6-10)20(18,19)16-13-4-2-3-12(14)15-13/h2-8H,1H3,(H,15,16). The highest BCUT2D eigenvalue weighted by molar-refractivity contribution is 9.10. The van der Waals surface area contributed by atoms with E-state index in [1.54, 1.807) is 18.2 Å². The number of hydrogen-bond acceptors (Lipinski definition) is 4. The van der Waals surface area contributed by atoms with Gasteiger partial charge in [-0.05, 0) is 47.1 Å². The van der Waals surface area contributed by atoms with Crippen LogP contribution in [0.5, 0.6) is 0 Å². The number of rotatable bonds is 4. The van der Waals surface area contributed by atoms with Crippen LogP contribution in [0.4, 0.5) is 5.82 Å². The fourth-order valence-corrected chi connectivity index (χ4v) is 2.88. The number of nitrogens with one attached hydrogen (secondary N) is 1. The highest BCUT2D eigenvalue weighted by Gasteiger charge is 2.15. The topological polar surface area (TPSA) is 76.1 Å². The van der Waals surface area contributed by atoms with Crippen molar-refractivity contribution >= 4 is 37.6 Å². The molecule has 0 saturated heterocycles. The molecule has 2 rings (SSSR count). The van der Waals surface area contributed by atoms with E-state index in [2.05, 4.69) is 25.6 Å². The molecule has 1 aromatic heterocycles. The number of benzene rings is 1. The Bertz CT molecular complexity index is 742. The molecule has 0 spiro atoms. The van der Waals surface area contributed by atoms with Crippen molar-refractivity contribution in [1.29, 1.82) is 0 Å². The summed E-state index contributed by atoms with van der Waals surface area (Å²) in [5.74, 6) is 0.102. The van der Waals surface area contributed by atoms with Crippen molar-refractivity contribution in [2.75, 3.05) is 4.72 Å². The lowest BCUT2D eigenvalue weighted by atomic mass is 10.2. The molecule has 104 valence electrons. The minimum Gasteiger partial charge on any atom is -0.295 e. The first-order valence-electron chi connectivity index (χ1n) is 5.65. The Morgan fingerprint density at radius 2 is 1.80 bits per heavy atom.